The van der Waals surface area contributed by atoms with Gasteiger partial charge in [-0.3, -0.25) is 0 Å². The van der Waals surface area contributed by atoms with Crippen LogP contribution in [-0.4, -0.2) is 35.8 Å². The van der Waals surface area contributed by atoms with Crippen LogP contribution in [0.5, 0.6) is 0 Å². The fourth-order valence-corrected chi connectivity index (χ4v) is 0. The SMILES string of the molecule is OP(O)O.[CH3][Sn][CH3]. The molecule has 0 amide bonds. The monoisotopic (exact) mass is 232 g/mol. The second-order valence-corrected chi connectivity index (χ2v) is 4.16. The van der Waals surface area contributed by atoms with Crippen LogP contribution in [0.3, 0.4) is 0 Å². The van der Waals surface area contributed by atoms with Crippen molar-refractivity contribution in [1.82, 2.24) is 0 Å². The first-order valence-electron chi connectivity index (χ1n) is 1.60. The van der Waals surface area contributed by atoms with Gasteiger partial charge in [-0.15, -0.1) is 0 Å². The van der Waals surface area contributed by atoms with Crippen molar-refractivity contribution in [3.8, 4) is 0 Å². The van der Waals surface area contributed by atoms with Gasteiger partial charge in [0.2, 0.25) is 0 Å². The number of hydrogen-bond acceptors (Lipinski definition) is 3. The second kappa shape index (κ2) is 10.2. The Morgan fingerprint density at radius 1 is 1.14 bits per heavy atom. The van der Waals surface area contributed by atoms with Crippen LogP contribution in [0.1, 0.15) is 0 Å². The van der Waals surface area contributed by atoms with Crippen molar-refractivity contribution in [3.63, 3.8) is 0 Å². The third-order valence-electron chi connectivity index (χ3n) is 0. The Morgan fingerprint density at radius 3 is 1.14 bits per heavy atom. The predicted molar refractivity (Wildman–Crippen MR) is 31.1 cm³/mol. The van der Waals surface area contributed by atoms with Crippen molar-refractivity contribution in [2.45, 2.75) is 9.88 Å². The fraction of sp³-hybridized carbons (Fsp3) is 1.00. The van der Waals surface area contributed by atoms with E-state index in [9.17, 15) is 0 Å². The summed E-state index contributed by atoms with van der Waals surface area (Å²) in [4.78, 5) is 26.3. The summed E-state index contributed by atoms with van der Waals surface area (Å²) in [7, 11) is -2.62. The van der Waals surface area contributed by atoms with Gasteiger partial charge in [-0.05, 0) is 0 Å². The molecule has 0 unspecified atom stereocenters. The second-order valence-electron chi connectivity index (χ2n) is 0.768. The zero-order valence-corrected chi connectivity index (χ0v) is 8.04. The van der Waals surface area contributed by atoms with Gasteiger partial charge in [0, 0.05) is 0 Å². The molecule has 3 N–H and O–H groups in total. The molecular formula is C2H9O3PSn. The fourth-order valence-electron chi connectivity index (χ4n) is 0. The molecule has 0 spiro atoms. The van der Waals surface area contributed by atoms with E-state index < -0.39 is 8.60 Å². The van der Waals surface area contributed by atoms with Gasteiger partial charge in [-0.1, -0.05) is 0 Å². The summed E-state index contributed by atoms with van der Waals surface area (Å²) in [5, 5.41) is 0. The predicted octanol–water partition coefficient (Wildman–Crippen LogP) is -0.0230. The molecule has 0 rings (SSSR count). The van der Waals surface area contributed by atoms with Crippen LogP contribution < -0.4 is 0 Å². The summed E-state index contributed by atoms with van der Waals surface area (Å²) in [6.45, 7) is 0. The molecule has 0 heterocycles. The third kappa shape index (κ3) is 151. The Balaban J connectivity index is 0. The van der Waals surface area contributed by atoms with Crippen molar-refractivity contribution < 1.29 is 14.7 Å². The van der Waals surface area contributed by atoms with E-state index in [1.165, 1.54) is 0 Å². The zero-order chi connectivity index (χ0) is 6.28. The molecular weight excluding hydrogens is 222 g/mol. The Bertz CT molecular complexity index is 24.1. The van der Waals surface area contributed by atoms with Gasteiger partial charge >= 0.3 is 39.6 Å². The van der Waals surface area contributed by atoms with Gasteiger partial charge in [0.15, 0.2) is 0 Å². The molecule has 0 saturated heterocycles. The summed E-state index contributed by atoms with van der Waals surface area (Å²) in [5.41, 5.74) is 0. The van der Waals surface area contributed by atoms with Crippen molar-refractivity contribution in [1.29, 1.82) is 0 Å². The summed E-state index contributed by atoms with van der Waals surface area (Å²) in [5.74, 6) is 0. The molecule has 0 saturated carbocycles. The van der Waals surface area contributed by atoms with E-state index in [-0.39, 0.29) is 21.1 Å². The normalized spacial score (nSPS) is 7.71. The average molecular weight is 231 g/mol. The van der Waals surface area contributed by atoms with Crippen LogP contribution in [0.2, 0.25) is 9.88 Å². The maximum absolute atomic E-state index is 7.23. The number of rotatable bonds is 0. The molecule has 3 nitrogen and oxygen atoms in total. The van der Waals surface area contributed by atoms with E-state index in [0.717, 1.165) is 0 Å². The summed E-state index contributed by atoms with van der Waals surface area (Å²) < 4.78 is 0. The molecule has 0 aromatic heterocycles. The third-order valence-corrected chi connectivity index (χ3v) is 0. The topological polar surface area (TPSA) is 60.7 Å². The van der Waals surface area contributed by atoms with Crippen LogP contribution in [-0.2, 0) is 0 Å². The molecule has 0 bridgehead atoms. The van der Waals surface area contributed by atoms with Crippen LogP contribution in [0.25, 0.3) is 0 Å². The van der Waals surface area contributed by atoms with Gasteiger partial charge in [0.25, 0.3) is 0 Å². The first kappa shape index (κ1) is 11.0. The van der Waals surface area contributed by atoms with Crippen LogP contribution in [0.4, 0.5) is 0 Å². The molecule has 2 radical (unpaired) electrons. The van der Waals surface area contributed by atoms with E-state index in [1.54, 1.807) is 0 Å². The Morgan fingerprint density at radius 2 is 1.14 bits per heavy atom. The van der Waals surface area contributed by atoms with Gasteiger partial charge in [0.05, 0.1) is 0 Å². The van der Waals surface area contributed by atoms with Crippen LogP contribution in [0, 0.1) is 0 Å². The first-order valence-corrected chi connectivity index (χ1v) is 8.51. The summed E-state index contributed by atoms with van der Waals surface area (Å²) >= 11 is 0.230. The molecule has 0 aliphatic heterocycles. The van der Waals surface area contributed by atoms with Crippen molar-refractivity contribution >= 4 is 29.7 Å². The van der Waals surface area contributed by atoms with Gasteiger partial charge in [0.1, 0.15) is 0 Å². The van der Waals surface area contributed by atoms with E-state index in [2.05, 4.69) is 9.88 Å². The molecule has 0 aliphatic carbocycles. The minimum absolute atomic E-state index is 0.230. The van der Waals surface area contributed by atoms with Crippen LogP contribution in [0.15, 0.2) is 0 Å². The molecule has 0 aromatic rings. The van der Waals surface area contributed by atoms with Gasteiger partial charge < -0.3 is 14.7 Å². The Labute approximate surface area is 54.6 Å². The average Bonchev–Trinajstić information content (AvgIpc) is 1.33. The molecule has 0 fully saturated rings. The molecule has 0 atom stereocenters. The Hall–Kier alpha value is 1.11. The molecule has 5 heteroatoms. The van der Waals surface area contributed by atoms with Crippen molar-refractivity contribution in [2.75, 3.05) is 0 Å². The zero-order valence-electron chi connectivity index (χ0n) is 4.29. The summed E-state index contributed by atoms with van der Waals surface area (Å²) in [6.07, 6.45) is 0. The first-order chi connectivity index (χ1) is 3.15. The molecule has 44 valence electrons. The molecule has 0 aromatic carbocycles. The standard InChI is InChI=1S/2CH3.H3O3P.Sn/c;;1-4(2)3;/h2*1H3;1-3H;. The number of hydrogen-bond donors (Lipinski definition) is 3. The molecule has 0 aliphatic rings. The van der Waals surface area contributed by atoms with E-state index >= 15 is 0 Å². The molecule has 7 heavy (non-hydrogen) atoms. The van der Waals surface area contributed by atoms with Gasteiger partial charge in [-0.25, -0.2) is 0 Å². The van der Waals surface area contributed by atoms with Crippen molar-refractivity contribution in [2.24, 2.45) is 0 Å². The van der Waals surface area contributed by atoms with E-state index in [1.807, 2.05) is 0 Å². The van der Waals surface area contributed by atoms with Crippen molar-refractivity contribution in [3.05, 3.63) is 0 Å². The van der Waals surface area contributed by atoms with Gasteiger partial charge in [-0.2, -0.15) is 0 Å². The quantitative estimate of drug-likeness (QED) is 0.405. The Kier molecular flexibility index (Phi) is 15.9. The van der Waals surface area contributed by atoms with E-state index in [4.69, 9.17) is 14.7 Å². The maximum atomic E-state index is 7.23. The van der Waals surface area contributed by atoms with Crippen LogP contribution >= 0.6 is 8.60 Å². The summed E-state index contributed by atoms with van der Waals surface area (Å²) in [6, 6.07) is 0. The van der Waals surface area contributed by atoms with E-state index in [0.29, 0.717) is 0 Å². The minimum atomic E-state index is -2.62.